The van der Waals surface area contributed by atoms with Gasteiger partial charge in [-0.05, 0) is 24.0 Å². The summed E-state index contributed by atoms with van der Waals surface area (Å²) in [5.41, 5.74) is 1.62. The Morgan fingerprint density at radius 2 is 2.16 bits per heavy atom. The fourth-order valence-corrected chi connectivity index (χ4v) is 2.56. The maximum absolute atomic E-state index is 11.0. The van der Waals surface area contributed by atoms with Crippen molar-refractivity contribution in [1.82, 2.24) is 4.98 Å². The molecule has 0 aliphatic heterocycles. The number of alkyl halides is 1. The maximum atomic E-state index is 11.0. The number of rotatable bonds is 4. The van der Waals surface area contributed by atoms with Crippen LogP contribution in [-0.4, -0.2) is 14.7 Å². The number of fused-ring (bicyclic) bond motifs is 1. The summed E-state index contributed by atoms with van der Waals surface area (Å²) in [5, 5.41) is 11.9. The van der Waals surface area contributed by atoms with Crippen LogP contribution in [0.15, 0.2) is 30.5 Å². The number of aromatic nitrogens is 1. The van der Waals surface area contributed by atoms with Gasteiger partial charge in [0.25, 0.3) is 5.69 Å². The van der Waals surface area contributed by atoms with Gasteiger partial charge in [0.2, 0.25) is 0 Å². The van der Waals surface area contributed by atoms with Crippen LogP contribution in [0.3, 0.4) is 0 Å². The van der Waals surface area contributed by atoms with Crippen molar-refractivity contribution in [2.45, 2.75) is 31.0 Å². The van der Waals surface area contributed by atoms with Crippen LogP contribution in [0.25, 0.3) is 10.9 Å². The van der Waals surface area contributed by atoms with Crippen molar-refractivity contribution < 1.29 is 4.92 Å². The lowest BCUT2D eigenvalue weighted by Crippen LogP contribution is -2.08. The van der Waals surface area contributed by atoms with E-state index >= 15 is 0 Å². The van der Waals surface area contributed by atoms with Crippen molar-refractivity contribution in [1.29, 1.82) is 0 Å². The van der Waals surface area contributed by atoms with Gasteiger partial charge in [-0.2, -0.15) is 0 Å². The first kappa shape index (κ1) is 13.9. The van der Waals surface area contributed by atoms with Gasteiger partial charge in [0, 0.05) is 22.5 Å². The lowest BCUT2D eigenvalue weighted by atomic mass is 9.93. The van der Waals surface area contributed by atoms with Crippen LogP contribution in [0.2, 0.25) is 0 Å². The Balaban J connectivity index is 2.64. The Bertz CT molecular complexity index is 615. The fraction of sp³-hybridized carbons (Fsp3) is 0.357. The number of hydrogen-bond acceptors (Lipinski definition) is 3. The number of hydrogen-bond donors (Lipinski definition) is 0. The lowest BCUT2D eigenvalue weighted by Gasteiger charge is -2.18. The van der Waals surface area contributed by atoms with E-state index in [0.717, 1.165) is 17.4 Å². The van der Waals surface area contributed by atoms with Gasteiger partial charge in [-0.3, -0.25) is 10.1 Å². The Hall–Kier alpha value is -1.49. The molecule has 0 saturated carbocycles. The van der Waals surface area contributed by atoms with Gasteiger partial charge in [-0.1, -0.05) is 41.9 Å². The molecular weight excluding hydrogens is 308 g/mol. The standard InChI is InChI=1S/C14H15BrN2O2/c1-3-12(15)9(2)10-7-8-16-14-11(10)5-4-6-13(14)17(18)19/h4-9,12H,3H2,1-2H3. The summed E-state index contributed by atoms with van der Waals surface area (Å²) in [6.45, 7) is 4.23. The second kappa shape index (κ2) is 5.65. The zero-order chi connectivity index (χ0) is 14.0. The van der Waals surface area contributed by atoms with Gasteiger partial charge < -0.3 is 0 Å². The van der Waals surface area contributed by atoms with E-state index in [0.29, 0.717) is 10.3 Å². The molecule has 2 aromatic rings. The molecule has 2 unspecified atom stereocenters. The molecule has 0 aliphatic carbocycles. The molecule has 100 valence electrons. The van der Waals surface area contributed by atoms with Gasteiger partial charge in [0.05, 0.1) is 4.92 Å². The van der Waals surface area contributed by atoms with E-state index in [2.05, 4.69) is 34.8 Å². The minimum Gasteiger partial charge on any atom is -0.258 e. The molecule has 0 N–H and O–H groups in total. The Kier molecular flexibility index (Phi) is 4.14. The van der Waals surface area contributed by atoms with Crippen molar-refractivity contribution in [2.24, 2.45) is 0 Å². The number of benzene rings is 1. The zero-order valence-electron chi connectivity index (χ0n) is 10.8. The quantitative estimate of drug-likeness (QED) is 0.475. The van der Waals surface area contributed by atoms with Crippen LogP contribution >= 0.6 is 15.9 Å². The van der Waals surface area contributed by atoms with Gasteiger partial charge in [-0.15, -0.1) is 0 Å². The third kappa shape index (κ3) is 2.61. The predicted octanol–water partition coefficient (Wildman–Crippen LogP) is 4.42. The molecule has 1 aromatic carbocycles. The van der Waals surface area contributed by atoms with E-state index < -0.39 is 0 Å². The van der Waals surface area contributed by atoms with E-state index in [-0.39, 0.29) is 16.5 Å². The van der Waals surface area contributed by atoms with E-state index in [9.17, 15) is 10.1 Å². The first-order chi connectivity index (χ1) is 9.06. The number of non-ortho nitro benzene ring substituents is 1. The molecule has 0 fully saturated rings. The topological polar surface area (TPSA) is 56.0 Å². The number of para-hydroxylation sites is 1. The molecule has 4 nitrogen and oxygen atoms in total. The summed E-state index contributed by atoms with van der Waals surface area (Å²) < 4.78 is 0. The molecule has 0 aliphatic rings. The maximum Gasteiger partial charge on any atom is 0.295 e. The van der Waals surface area contributed by atoms with Gasteiger partial charge >= 0.3 is 0 Å². The summed E-state index contributed by atoms with van der Waals surface area (Å²) >= 11 is 3.66. The highest BCUT2D eigenvalue weighted by Gasteiger charge is 2.20. The van der Waals surface area contributed by atoms with Crippen molar-refractivity contribution >= 4 is 32.5 Å². The van der Waals surface area contributed by atoms with Crippen molar-refractivity contribution in [3.8, 4) is 0 Å². The summed E-state index contributed by atoms with van der Waals surface area (Å²) in [7, 11) is 0. The minimum atomic E-state index is -0.380. The molecule has 0 spiro atoms. The highest BCUT2D eigenvalue weighted by molar-refractivity contribution is 9.09. The Morgan fingerprint density at radius 1 is 1.42 bits per heavy atom. The summed E-state index contributed by atoms with van der Waals surface area (Å²) in [6, 6.07) is 7.06. The van der Waals surface area contributed by atoms with Gasteiger partial charge in [0.1, 0.15) is 5.52 Å². The van der Waals surface area contributed by atoms with Gasteiger partial charge in [-0.25, -0.2) is 4.98 Å². The average molecular weight is 323 g/mol. The van der Waals surface area contributed by atoms with Crippen LogP contribution < -0.4 is 0 Å². The number of nitrogens with zero attached hydrogens (tertiary/aromatic N) is 2. The monoisotopic (exact) mass is 322 g/mol. The Morgan fingerprint density at radius 3 is 2.79 bits per heavy atom. The highest BCUT2D eigenvalue weighted by Crippen LogP contribution is 2.33. The Labute approximate surface area is 120 Å². The van der Waals surface area contributed by atoms with Crippen LogP contribution in [-0.2, 0) is 0 Å². The second-order valence-electron chi connectivity index (χ2n) is 4.54. The molecule has 0 radical (unpaired) electrons. The van der Waals surface area contributed by atoms with E-state index in [4.69, 9.17) is 0 Å². The van der Waals surface area contributed by atoms with E-state index in [1.54, 1.807) is 12.3 Å². The van der Waals surface area contributed by atoms with Crippen LogP contribution in [0.5, 0.6) is 0 Å². The molecule has 1 aromatic heterocycles. The van der Waals surface area contributed by atoms with Gasteiger partial charge in [0.15, 0.2) is 0 Å². The molecule has 2 atom stereocenters. The number of halogens is 1. The summed E-state index contributed by atoms with van der Waals surface area (Å²) in [6.07, 6.45) is 2.65. The SMILES string of the molecule is CCC(Br)C(C)c1ccnc2c([N+](=O)[O-])cccc12. The highest BCUT2D eigenvalue weighted by atomic mass is 79.9. The lowest BCUT2D eigenvalue weighted by molar-refractivity contribution is -0.383. The first-order valence-electron chi connectivity index (χ1n) is 6.22. The van der Waals surface area contributed by atoms with Crippen LogP contribution in [0, 0.1) is 10.1 Å². The van der Waals surface area contributed by atoms with Crippen LogP contribution in [0.1, 0.15) is 31.7 Å². The van der Waals surface area contributed by atoms with E-state index in [1.165, 1.54) is 6.07 Å². The summed E-state index contributed by atoms with van der Waals surface area (Å²) in [5.74, 6) is 0.275. The van der Waals surface area contributed by atoms with E-state index in [1.807, 2.05) is 12.1 Å². The molecule has 1 heterocycles. The largest absolute Gasteiger partial charge is 0.295 e. The normalized spacial score (nSPS) is 14.3. The third-order valence-corrected chi connectivity index (χ3v) is 4.84. The number of nitro benzene ring substituents is 1. The van der Waals surface area contributed by atoms with Crippen molar-refractivity contribution in [3.05, 3.63) is 46.1 Å². The molecule has 2 rings (SSSR count). The first-order valence-corrected chi connectivity index (χ1v) is 7.14. The van der Waals surface area contributed by atoms with Crippen molar-refractivity contribution in [2.75, 3.05) is 0 Å². The predicted molar refractivity (Wildman–Crippen MR) is 79.8 cm³/mol. The summed E-state index contributed by atoms with van der Waals surface area (Å²) in [4.78, 5) is 15.2. The molecule has 19 heavy (non-hydrogen) atoms. The average Bonchev–Trinajstić information content (AvgIpc) is 2.44. The molecular formula is C14H15BrN2O2. The smallest absolute Gasteiger partial charge is 0.258 e. The zero-order valence-corrected chi connectivity index (χ0v) is 12.4. The minimum absolute atomic E-state index is 0.0640. The number of pyridine rings is 1. The van der Waals surface area contributed by atoms with Crippen molar-refractivity contribution in [3.63, 3.8) is 0 Å². The molecule has 0 saturated heterocycles. The third-order valence-electron chi connectivity index (χ3n) is 3.40. The molecule has 0 amide bonds. The molecule has 0 bridgehead atoms. The number of nitro groups is 1. The molecule has 5 heteroatoms. The fourth-order valence-electron chi connectivity index (χ4n) is 2.27. The van der Waals surface area contributed by atoms with Crippen LogP contribution in [0.4, 0.5) is 5.69 Å². The second-order valence-corrected chi connectivity index (χ2v) is 5.72.